The number of ether oxygens (including phenoxy) is 1. The molecule has 1 atom stereocenters. The number of anilines is 2. The van der Waals surface area contributed by atoms with Crippen LogP contribution in [0.5, 0.6) is 0 Å². The summed E-state index contributed by atoms with van der Waals surface area (Å²) < 4.78 is 18.6. The lowest BCUT2D eigenvalue weighted by molar-refractivity contribution is -0.127. The summed E-state index contributed by atoms with van der Waals surface area (Å²) in [7, 11) is 0. The van der Waals surface area contributed by atoms with Crippen LogP contribution in [0.25, 0.3) is 0 Å². The second kappa shape index (κ2) is 6.70. The number of hydrogen-bond donors (Lipinski definition) is 2. The zero-order valence-corrected chi connectivity index (χ0v) is 11.7. The Bertz CT molecular complexity index is 473. The molecule has 5 heteroatoms. The molecular weight excluding hydrogens is 259 g/mol. The smallest absolute Gasteiger partial charge is 0.253 e. The number of amides is 1. The molecule has 1 aliphatic rings. The molecule has 4 nitrogen and oxygen atoms in total. The molecule has 110 valence electrons. The molecule has 1 aromatic carbocycles. The quantitative estimate of drug-likeness (QED) is 0.815. The number of carbonyl (C=O) groups is 1. The third kappa shape index (κ3) is 3.93. The first-order valence-corrected chi connectivity index (χ1v) is 7.03. The highest BCUT2D eigenvalue weighted by atomic mass is 19.1. The molecule has 0 radical (unpaired) electrons. The van der Waals surface area contributed by atoms with Crippen LogP contribution in [0.4, 0.5) is 15.8 Å². The van der Waals surface area contributed by atoms with E-state index in [4.69, 9.17) is 10.5 Å². The minimum atomic E-state index is -0.526. The van der Waals surface area contributed by atoms with E-state index in [1.165, 1.54) is 43.9 Å². The van der Waals surface area contributed by atoms with Gasteiger partial charge in [-0.05, 0) is 43.9 Å². The predicted molar refractivity (Wildman–Crippen MR) is 76.8 cm³/mol. The van der Waals surface area contributed by atoms with E-state index in [9.17, 15) is 9.18 Å². The molecule has 3 N–H and O–H groups in total. The summed E-state index contributed by atoms with van der Waals surface area (Å²) in [6.07, 6.45) is 4.35. The Morgan fingerprint density at radius 2 is 2.20 bits per heavy atom. The third-order valence-electron chi connectivity index (χ3n) is 3.69. The van der Waals surface area contributed by atoms with Gasteiger partial charge in [0.1, 0.15) is 11.9 Å². The second-order valence-electron chi connectivity index (χ2n) is 5.35. The largest absolute Gasteiger partial charge is 0.396 e. The van der Waals surface area contributed by atoms with Crippen LogP contribution in [0.3, 0.4) is 0 Å². The normalized spacial score (nSPS) is 17.1. The number of benzene rings is 1. The van der Waals surface area contributed by atoms with Crippen molar-refractivity contribution >= 4 is 17.3 Å². The number of nitrogens with two attached hydrogens (primary N) is 1. The van der Waals surface area contributed by atoms with Crippen molar-refractivity contribution in [1.29, 1.82) is 0 Å². The van der Waals surface area contributed by atoms with Crippen molar-refractivity contribution in [3.63, 3.8) is 0 Å². The summed E-state index contributed by atoms with van der Waals surface area (Å²) in [5, 5.41) is 2.67. The highest BCUT2D eigenvalue weighted by Crippen LogP contribution is 2.25. The van der Waals surface area contributed by atoms with Gasteiger partial charge in [-0.15, -0.1) is 0 Å². The first kappa shape index (κ1) is 14.8. The molecule has 1 unspecified atom stereocenters. The van der Waals surface area contributed by atoms with E-state index < -0.39 is 11.9 Å². The Morgan fingerprint density at radius 1 is 1.50 bits per heavy atom. The molecule has 0 aliphatic heterocycles. The van der Waals surface area contributed by atoms with Gasteiger partial charge in [0.2, 0.25) is 0 Å². The monoisotopic (exact) mass is 280 g/mol. The van der Waals surface area contributed by atoms with Crippen LogP contribution in [-0.2, 0) is 9.53 Å². The van der Waals surface area contributed by atoms with Gasteiger partial charge < -0.3 is 15.8 Å². The lowest BCUT2D eigenvalue weighted by Crippen LogP contribution is -2.29. The Hall–Kier alpha value is -1.62. The Balaban J connectivity index is 1.81. The van der Waals surface area contributed by atoms with E-state index in [-0.39, 0.29) is 11.6 Å². The van der Waals surface area contributed by atoms with E-state index in [0.717, 1.165) is 0 Å². The maximum atomic E-state index is 13.0. The fraction of sp³-hybridized carbons (Fsp3) is 0.533. The Morgan fingerprint density at radius 3 is 2.85 bits per heavy atom. The van der Waals surface area contributed by atoms with Crippen LogP contribution in [0.2, 0.25) is 0 Å². The fourth-order valence-corrected chi connectivity index (χ4v) is 2.40. The van der Waals surface area contributed by atoms with Gasteiger partial charge in [0.25, 0.3) is 5.91 Å². The van der Waals surface area contributed by atoms with Crippen LogP contribution in [0.15, 0.2) is 18.2 Å². The summed E-state index contributed by atoms with van der Waals surface area (Å²) in [5.74, 6) is -0.158. The van der Waals surface area contributed by atoms with Crippen molar-refractivity contribution in [2.45, 2.75) is 38.7 Å². The molecule has 1 aliphatic carbocycles. The predicted octanol–water partition coefficient (Wildman–Crippen LogP) is 2.94. The van der Waals surface area contributed by atoms with Gasteiger partial charge in [0, 0.05) is 5.69 Å². The number of carbonyl (C=O) groups excluding carboxylic acids is 1. The summed E-state index contributed by atoms with van der Waals surface area (Å²) in [6.45, 7) is 2.34. The molecule has 0 heterocycles. The molecule has 1 fully saturated rings. The van der Waals surface area contributed by atoms with E-state index in [1.807, 2.05) is 0 Å². The number of rotatable bonds is 5. The lowest BCUT2D eigenvalue weighted by Gasteiger charge is -2.16. The number of hydrogen-bond acceptors (Lipinski definition) is 3. The van der Waals surface area contributed by atoms with Gasteiger partial charge >= 0.3 is 0 Å². The molecule has 1 aromatic rings. The summed E-state index contributed by atoms with van der Waals surface area (Å²) >= 11 is 0. The van der Waals surface area contributed by atoms with Crippen LogP contribution >= 0.6 is 0 Å². The number of nitrogens with one attached hydrogen (secondary N) is 1. The summed E-state index contributed by atoms with van der Waals surface area (Å²) in [4.78, 5) is 11.9. The van der Waals surface area contributed by atoms with Gasteiger partial charge in [-0.1, -0.05) is 12.8 Å². The molecule has 0 aromatic heterocycles. The highest BCUT2D eigenvalue weighted by Gasteiger charge is 2.19. The van der Waals surface area contributed by atoms with Gasteiger partial charge in [-0.3, -0.25) is 4.79 Å². The second-order valence-corrected chi connectivity index (χ2v) is 5.35. The zero-order valence-electron chi connectivity index (χ0n) is 11.7. The van der Waals surface area contributed by atoms with Crippen LogP contribution in [0.1, 0.15) is 32.6 Å². The summed E-state index contributed by atoms with van der Waals surface area (Å²) in [6, 6.07) is 4.11. The van der Waals surface area contributed by atoms with Crippen LogP contribution in [-0.4, -0.2) is 18.6 Å². The Kier molecular flexibility index (Phi) is 4.95. The van der Waals surface area contributed by atoms with Crippen molar-refractivity contribution in [2.24, 2.45) is 5.92 Å². The first-order chi connectivity index (χ1) is 9.56. The maximum absolute atomic E-state index is 13.0. The number of nitrogen functional groups attached to an aromatic ring is 1. The standard InChI is InChI=1S/C15H21FN2O2/c1-10(20-9-11-4-2-3-5-11)15(19)18-12-6-7-13(16)14(17)8-12/h6-8,10-11H,2-5,9,17H2,1H3,(H,18,19). The minimum Gasteiger partial charge on any atom is -0.396 e. The van der Waals surface area contributed by atoms with Crippen molar-refractivity contribution in [3.8, 4) is 0 Å². The Labute approximate surface area is 118 Å². The third-order valence-corrected chi connectivity index (χ3v) is 3.69. The average molecular weight is 280 g/mol. The number of halogens is 1. The summed E-state index contributed by atoms with van der Waals surface area (Å²) in [5.41, 5.74) is 5.95. The fourth-order valence-electron chi connectivity index (χ4n) is 2.40. The lowest BCUT2D eigenvalue weighted by atomic mass is 10.1. The molecular formula is C15H21FN2O2. The van der Waals surface area contributed by atoms with Gasteiger partial charge in [-0.25, -0.2) is 4.39 Å². The minimum absolute atomic E-state index is 0.0160. The van der Waals surface area contributed by atoms with Crippen molar-refractivity contribution in [1.82, 2.24) is 0 Å². The van der Waals surface area contributed by atoms with E-state index in [1.54, 1.807) is 6.92 Å². The first-order valence-electron chi connectivity index (χ1n) is 7.03. The van der Waals surface area contributed by atoms with E-state index in [0.29, 0.717) is 18.2 Å². The molecule has 1 saturated carbocycles. The molecule has 0 spiro atoms. The van der Waals surface area contributed by atoms with Gasteiger partial charge in [0.15, 0.2) is 0 Å². The van der Waals surface area contributed by atoms with Gasteiger partial charge in [0.05, 0.1) is 12.3 Å². The van der Waals surface area contributed by atoms with Crippen molar-refractivity contribution in [2.75, 3.05) is 17.7 Å². The maximum Gasteiger partial charge on any atom is 0.253 e. The van der Waals surface area contributed by atoms with Gasteiger partial charge in [-0.2, -0.15) is 0 Å². The molecule has 20 heavy (non-hydrogen) atoms. The van der Waals surface area contributed by atoms with Crippen LogP contribution < -0.4 is 11.1 Å². The van der Waals surface area contributed by atoms with E-state index >= 15 is 0 Å². The van der Waals surface area contributed by atoms with Crippen molar-refractivity contribution in [3.05, 3.63) is 24.0 Å². The zero-order chi connectivity index (χ0) is 14.5. The molecule has 1 amide bonds. The molecule has 0 saturated heterocycles. The molecule has 0 bridgehead atoms. The topological polar surface area (TPSA) is 64.3 Å². The van der Waals surface area contributed by atoms with E-state index in [2.05, 4.69) is 5.32 Å². The van der Waals surface area contributed by atoms with Crippen LogP contribution in [0, 0.1) is 11.7 Å². The average Bonchev–Trinajstić information content (AvgIpc) is 2.93. The van der Waals surface area contributed by atoms with Crippen molar-refractivity contribution < 1.29 is 13.9 Å². The SMILES string of the molecule is CC(OCC1CCCC1)C(=O)Nc1ccc(F)c(N)c1. The highest BCUT2D eigenvalue weighted by molar-refractivity contribution is 5.94. The molecule has 2 rings (SSSR count).